The molecule has 0 unspecified atom stereocenters. The van der Waals surface area contributed by atoms with E-state index < -0.39 is 6.09 Å². The lowest BCUT2D eigenvalue weighted by Crippen LogP contribution is -2.07. The summed E-state index contributed by atoms with van der Waals surface area (Å²) in [5.74, 6) is 0. The number of aryl methyl sites for hydroxylation is 1. The van der Waals surface area contributed by atoms with Crippen LogP contribution in [0.25, 0.3) is 10.9 Å². The minimum Gasteiger partial charge on any atom is -0.464 e. The predicted molar refractivity (Wildman–Crippen MR) is 73.4 cm³/mol. The Bertz CT molecular complexity index is 651. The van der Waals surface area contributed by atoms with Crippen LogP contribution in [0.5, 0.6) is 0 Å². The molecule has 0 saturated carbocycles. The summed E-state index contributed by atoms with van der Waals surface area (Å²) in [5, 5.41) is 9.98. The van der Waals surface area contributed by atoms with E-state index in [9.17, 15) is 4.79 Å². The van der Waals surface area contributed by atoms with Crippen molar-refractivity contribution >= 4 is 17.0 Å². The SMILES string of the molecule is O=C(O)n1ccc2cc(CCCC3OC=CO3)ccc21. The number of ether oxygens (including phenoxy) is 2. The number of hydrogen-bond donors (Lipinski definition) is 1. The smallest absolute Gasteiger partial charge is 0.415 e. The van der Waals surface area contributed by atoms with E-state index in [2.05, 4.69) is 0 Å². The molecule has 5 heteroatoms. The second-order valence-corrected chi connectivity index (χ2v) is 4.73. The molecule has 1 aliphatic heterocycles. The van der Waals surface area contributed by atoms with Gasteiger partial charge in [-0.05, 0) is 36.6 Å². The van der Waals surface area contributed by atoms with Gasteiger partial charge in [0, 0.05) is 18.0 Å². The molecule has 0 aliphatic carbocycles. The third-order valence-electron chi connectivity index (χ3n) is 3.38. The number of hydrogen-bond acceptors (Lipinski definition) is 3. The Kier molecular flexibility index (Phi) is 3.33. The van der Waals surface area contributed by atoms with Crippen molar-refractivity contribution in [3.05, 3.63) is 48.5 Å². The molecule has 2 heterocycles. The average Bonchev–Trinajstić information content (AvgIpc) is 3.06. The highest BCUT2D eigenvalue weighted by Crippen LogP contribution is 2.20. The molecule has 0 saturated heterocycles. The van der Waals surface area contributed by atoms with E-state index in [4.69, 9.17) is 14.6 Å². The van der Waals surface area contributed by atoms with Gasteiger partial charge in [0.15, 0.2) is 0 Å². The highest BCUT2D eigenvalue weighted by atomic mass is 16.7. The first-order chi connectivity index (χ1) is 9.74. The summed E-state index contributed by atoms with van der Waals surface area (Å²) < 4.78 is 11.7. The molecule has 2 aromatic rings. The summed E-state index contributed by atoms with van der Waals surface area (Å²) in [6.07, 6.45) is 6.28. The molecule has 0 atom stereocenters. The van der Waals surface area contributed by atoms with Crippen LogP contribution in [0.2, 0.25) is 0 Å². The molecule has 0 spiro atoms. The fourth-order valence-corrected chi connectivity index (χ4v) is 2.39. The Morgan fingerprint density at radius 2 is 2.05 bits per heavy atom. The zero-order chi connectivity index (χ0) is 13.9. The monoisotopic (exact) mass is 273 g/mol. The summed E-state index contributed by atoms with van der Waals surface area (Å²) in [6.45, 7) is 0. The molecule has 0 radical (unpaired) electrons. The van der Waals surface area contributed by atoms with Gasteiger partial charge in [0.25, 0.3) is 0 Å². The van der Waals surface area contributed by atoms with Crippen molar-refractivity contribution < 1.29 is 19.4 Å². The van der Waals surface area contributed by atoms with Crippen molar-refractivity contribution in [2.75, 3.05) is 0 Å². The van der Waals surface area contributed by atoms with Gasteiger partial charge in [-0.25, -0.2) is 4.79 Å². The van der Waals surface area contributed by atoms with Crippen molar-refractivity contribution in [1.29, 1.82) is 0 Å². The van der Waals surface area contributed by atoms with Crippen molar-refractivity contribution in [1.82, 2.24) is 4.57 Å². The van der Waals surface area contributed by atoms with Crippen LogP contribution in [0.4, 0.5) is 4.79 Å². The van der Waals surface area contributed by atoms with Crippen LogP contribution in [0.1, 0.15) is 18.4 Å². The van der Waals surface area contributed by atoms with Crippen LogP contribution in [0, 0.1) is 0 Å². The number of carboxylic acid groups (broad SMARTS) is 1. The molecular weight excluding hydrogens is 258 g/mol. The lowest BCUT2D eigenvalue weighted by atomic mass is 10.1. The Labute approximate surface area is 116 Å². The second kappa shape index (κ2) is 5.28. The molecule has 0 amide bonds. The Balaban J connectivity index is 1.65. The maximum absolute atomic E-state index is 11.0. The average molecular weight is 273 g/mol. The van der Waals surface area contributed by atoms with Crippen molar-refractivity contribution in [3.8, 4) is 0 Å². The normalized spacial score (nSPS) is 14.4. The summed E-state index contributed by atoms with van der Waals surface area (Å²) in [7, 11) is 0. The van der Waals surface area contributed by atoms with Crippen LogP contribution in [-0.4, -0.2) is 22.1 Å². The number of benzene rings is 1. The van der Waals surface area contributed by atoms with E-state index in [-0.39, 0.29) is 6.29 Å². The molecule has 3 rings (SSSR count). The summed E-state index contributed by atoms with van der Waals surface area (Å²) >= 11 is 0. The molecular formula is C15H15NO4. The van der Waals surface area contributed by atoms with Gasteiger partial charge >= 0.3 is 6.09 Å². The lowest BCUT2D eigenvalue weighted by molar-refractivity contribution is -0.0290. The number of fused-ring (bicyclic) bond motifs is 1. The van der Waals surface area contributed by atoms with Crippen molar-refractivity contribution in [2.45, 2.75) is 25.6 Å². The van der Waals surface area contributed by atoms with E-state index in [0.29, 0.717) is 5.52 Å². The zero-order valence-corrected chi connectivity index (χ0v) is 10.9. The maximum Gasteiger partial charge on any atom is 0.415 e. The van der Waals surface area contributed by atoms with Gasteiger partial charge < -0.3 is 14.6 Å². The zero-order valence-electron chi connectivity index (χ0n) is 10.9. The minimum atomic E-state index is -0.962. The van der Waals surface area contributed by atoms with Gasteiger partial charge in [-0.2, -0.15) is 0 Å². The summed E-state index contributed by atoms with van der Waals surface area (Å²) in [5.41, 5.74) is 1.90. The quantitative estimate of drug-likeness (QED) is 0.928. The largest absolute Gasteiger partial charge is 0.464 e. The van der Waals surface area contributed by atoms with E-state index in [1.54, 1.807) is 18.7 Å². The highest BCUT2D eigenvalue weighted by molar-refractivity contribution is 5.89. The van der Waals surface area contributed by atoms with Gasteiger partial charge in [-0.15, -0.1) is 0 Å². The number of rotatable bonds is 4. The fraction of sp³-hybridized carbons (Fsp3) is 0.267. The van der Waals surface area contributed by atoms with Crippen molar-refractivity contribution in [2.24, 2.45) is 0 Å². The number of aromatic nitrogens is 1. The second-order valence-electron chi connectivity index (χ2n) is 4.73. The van der Waals surface area contributed by atoms with Gasteiger partial charge in [0.05, 0.1) is 5.52 Å². The molecule has 1 aromatic carbocycles. The molecule has 1 aromatic heterocycles. The van der Waals surface area contributed by atoms with Crippen LogP contribution < -0.4 is 0 Å². The van der Waals surface area contributed by atoms with Gasteiger partial charge in [0.2, 0.25) is 6.29 Å². The lowest BCUT2D eigenvalue weighted by Gasteiger charge is -2.09. The van der Waals surface area contributed by atoms with Gasteiger partial charge in [-0.1, -0.05) is 6.07 Å². The molecule has 0 fully saturated rings. The Morgan fingerprint density at radius 1 is 1.25 bits per heavy atom. The van der Waals surface area contributed by atoms with Crippen LogP contribution >= 0.6 is 0 Å². The van der Waals surface area contributed by atoms with Crippen LogP contribution in [0.15, 0.2) is 43.0 Å². The van der Waals surface area contributed by atoms with Crippen LogP contribution in [-0.2, 0) is 15.9 Å². The highest BCUT2D eigenvalue weighted by Gasteiger charge is 2.12. The molecule has 1 aliphatic rings. The fourth-order valence-electron chi connectivity index (χ4n) is 2.39. The van der Waals surface area contributed by atoms with Gasteiger partial charge in [0.1, 0.15) is 12.5 Å². The first kappa shape index (κ1) is 12.6. The number of carbonyl (C=O) groups is 1. The standard InChI is InChI=1S/C15H15NO4/c17-15(18)16-7-6-12-10-11(4-5-13(12)16)2-1-3-14-19-8-9-20-14/h4-10,14H,1-3H2,(H,17,18). The maximum atomic E-state index is 11.0. The predicted octanol–water partition coefficient (Wildman–Crippen LogP) is 3.33. The molecule has 104 valence electrons. The Morgan fingerprint density at radius 3 is 2.80 bits per heavy atom. The third kappa shape index (κ3) is 2.47. The first-order valence-corrected chi connectivity index (χ1v) is 6.53. The van der Waals surface area contributed by atoms with E-state index >= 15 is 0 Å². The van der Waals surface area contributed by atoms with Gasteiger partial charge in [-0.3, -0.25) is 4.57 Å². The topological polar surface area (TPSA) is 60.7 Å². The van der Waals surface area contributed by atoms with E-state index in [0.717, 1.165) is 24.6 Å². The number of nitrogens with zero attached hydrogens (tertiary/aromatic N) is 1. The molecule has 0 bridgehead atoms. The van der Waals surface area contributed by atoms with Crippen molar-refractivity contribution in [3.63, 3.8) is 0 Å². The van der Waals surface area contributed by atoms with E-state index in [1.807, 2.05) is 24.3 Å². The molecule has 1 N–H and O–H groups in total. The van der Waals surface area contributed by atoms with Crippen LogP contribution in [0.3, 0.4) is 0 Å². The summed E-state index contributed by atoms with van der Waals surface area (Å²) in [4.78, 5) is 11.0. The molecule has 20 heavy (non-hydrogen) atoms. The molecule has 5 nitrogen and oxygen atoms in total. The minimum absolute atomic E-state index is 0.160. The summed E-state index contributed by atoms with van der Waals surface area (Å²) in [6, 6.07) is 7.67. The third-order valence-corrected chi connectivity index (χ3v) is 3.38. The first-order valence-electron chi connectivity index (χ1n) is 6.53. The van der Waals surface area contributed by atoms with E-state index in [1.165, 1.54) is 10.1 Å². The Hall–Kier alpha value is -2.43.